The highest BCUT2D eigenvalue weighted by molar-refractivity contribution is 5.85. The highest BCUT2D eigenvalue weighted by atomic mass is 35.5. The first-order chi connectivity index (χ1) is 7.31. The van der Waals surface area contributed by atoms with Crippen LogP contribution in [0, 0.1) is 17.1 Å². The molecule has 16 heavy (non-hydrogen) atoms. The molecule has 0 aromatic heterocycles. The first-order valence-electron chi connectivity index (χ1n) is 4.82. The summed E-state index contributed by atoms with van der Waals surface area (Å²) in [6.45, 7) is 2.04. The normalized spacial score (nSPS) is 19.6. The van der Waals surface area contributed by atoms with Gasteiger partial charge in [0.15, 0.2) is 0 Å². The lowest BCUT2D eigenvalue weighted by molar-refractivity contribution is 0.0768. The number of nitriles is 1. The van der Waals surface area contributed by atoms with E-state index in [-0.39, 0.29) is 24.0 Å². The molecular formula is C11H12ClFN2O. The van der Waals surface area contributed by atoms with Crippen LogP contribution in [0.5, 0.6) is 0 Å². The van der Waals surface area contributed by atoms with Crippen molar-refractivity contribution in [1.82, 2.24) is 5.32 Å². The molecule has 1 heterocycles. The maximum atomic E-state index is 13.1. The molecule has 1 atom stereocenters. The van der Waals surface area contributed by atoms with Gasteiger partial charge in [-0.15, -0.1) is 12.4 Å². The van der Waals surface area contributed by atoms with Crippen molar-refractivity contribution in [3.63, 3.8) is 0 Å². The molecule has 1 fully saturated rings. The zero-order valence-electron chi connectivity index (χ0n) is 8.57. The molecular weight excluding hydrogens is 231 g/mol. The second-order valence-electron chi connectivity index (χ2n) is 3.43. The summed E-state index contributed by atoms with van der Waals surface area (Å²) in [5, 5.41) is 11.9. The van der Waals surface area contributed by atoms with E-state index in [0.717, 1.165) is 12.1 Å². The maximum absolute atomic E-state index is 13.1. The largest absolute Gasteiger partial charge is 0.378 e. The predicted molar refractivity (Wildman–Crippen MR) is 59.9 cm³/mol. The van der Waals surface area contributed by atoms with Crippen LogP contribution < -0.4 is 5.32 Å². The van der Waals surface area contributed by atoms with Crippen molar-refractivity contribution in [2.24, 2.45) is 0 Å². The van der Waals surface area contributed by atoms with E-state index in [2.05, 4.69) is 5.32 Å². The van der Waals surface area contributed by atoms with Crippen molar-refractivity contribution in [3.8, 4) is 6.07 Å². The van der Waals surface area contributed by atoms with Crippen LogP contribution in [-0.2, 0) is 4.74 Å². The first kappa shape index (κ1) is 12.9. The summed E-state index contributed by atoms with van der Waals surface area (Å²) >= 11 is 0. The van der Waals surface area contributed by atoms with E-state index in [1.165, 1.54) is 6.07 Å². The molecule has 1 saturated heterocycles. The molecule has 2 rings (SSSR count). The van der Waals surface area contributed by atoms with Crippen molar-refractivity contribution >= 4 is 12.4 Å². The molecule has 1 aliphatic heterocycles. The number of hydrogen-bond donors (Lipinski definition) is 1. The molecule has 1 N–H and O–H groups in total. The maximum Gasteiger partial charge on any atom is 0.140 e. The van der Waals surface area contributed by atoms with Gasteiger partial charge in [-0.05, 0) is 17.7 Å². The third-order valence-electron chi connectivity index (χ3n) is 2.43. The summed E-state index contributed by atoms with van der Waals surface area (Å²) in [6, 6.07) is 6.47. The van der Waals surface area contributed by atoms with Gasteiger partial charge in [0.1, 0.15) is 11.9 Å². The van der Waals surface area contributed by atoms with E-state index in [9.17, 15) is 4.39 Å². The van der Waals surface area contributed by atoms with Crippen LogP contribution in [0.2, 0.25) is 0 Å². The fraction of sp³-hybridized carbons (Fsp3) is 0.364. The van der Waals surface area contributed by atoms with E-state index in [1.54, 1.807) is 12.1 Å². The Morgan fingerprint density at radius 1 is 1.50 bits per heavy atom. The van der Waals surface area contributed by atoms with Gasteiger partial charge in [0, 0.05) is 6.54 Å². The van der Waals surface area contributed by atoms with Crippen LogP contribution in [0.4, 0.5) is 4.39 Å². The molecule has 0 spiro atoms. The van der Waals surface area contributed by atoms with Crippen LogP contribution in [0.15, 0.2) is 18.2 Å². The van der Waals surface area contributed by atoms with Crippen LogP contribution >= 0.6 is 12.4 Å². The molecule has 1 aromatic carbocycles. The lowest BCUT2D eigenvalue weighted by Crippen LogP contribution is -2.34. The van der Waals surface area contributed by atoms with Gasteiger partial charge in [-0.2, -0.15) is 5.26 Å². The van der Waals surface area contributed by atoms with Gasteiger partial charge in [-0.3, -0.25) is 0 Å². The van der Waals surface area contributed by atoms with E-state index >= 15 is 0 Å². The molecule has 0 unspecified atom stereocenters. The van der Waals surface area contributed by atoms with E-state index in [1.807, 2.05) is 6.07 Å². The number of benzene rings is 1. The lowest BCUT2D eigenvalue weighted by atomic mass is 10.0. The van der Waals surface area contributed by atoms with Gasteiger partial charge in [0.05, 0.1) is 24.8 Å². The third kappa shape index (κ3) is 2.70. The quantitative estimate of drug-likeness (QED) is 0.817. The zero-order valence-corrected chi connectivity index (χ0v) is 9.39. The minimum atomic E-state index is -0.474. The number of rotatable bonds is 1. The SMILES string of the molecule is Cl.N#Cc1cc([C@@H]2COCCN2)ccc1F. The Labute approximate surface area is 99.6 Å². The summed E-state index contributed by atoms with van der Waals surface area (Å²) in [5.41, 5.74) is 0.979. The van der Waals surface area contributed by atoms with Gasteiger partial charge in [-0.25, -0.2) is 4.39 Å². The van der Waals surface area contributed by atoms with Crippen molar-refractivity contribution in [2.45, 2.75) is 6.04 Å². The van der Waals surface area contributed by atoms with Gasteiger partial charge < -0.3 is 10.1 Å². The monoisotopic (exact) mass is 242 g/mol. The minimum Gasteiger partial charge on any atom is -0.378 e. The Bertz CT molecular complexity index is 399. The molecule has 0 aliphatic carbocycles. The zero-order chi connectivity index (χ0) is 10.7. The van der Waals surface area contributed by atoms with E-state index in [4.69, 9.17) is 10.00 Å². The topological polar surface area (TPSA) is 45.0 Å². The smallest absolute Gasteiger partial charge is 0.140 e. The van der Waals surface area contributed by atoms with Crippen molar-refractivity contribution < 1.29 is 9.13 Å². The number of morpholine rings is 1. The van der Waals surface area contributed by atoms with Crippen LogP contribution in [0.25, 0.3) is 0 Å². The second-order valence-corrected chi connectivity index (χ2v) is 3.43. The number of nitrogens with zero attached hydrogens (tertiary/aromatic N) is 1. The number of hydrogen-bond acceptors (Lipinski definition) is 3. The second kappa shape index (κ2) is 5.80. The standard InChI is InChI=1S/C11H11FN2O.ClH/c12-10-2-1-8(5-9(10)6-13)11-7-15-4-3-14-11;/h1-2,5,11,14H,3-4,7H2;1H/t11-;/m0./s1. The van der Waals surface area contributed by atoms with Crippen LogP contribution in [-0.4, -0.2) is 19.8 Å². The van der Waals surface area contributed by atoms with Gasteiger partial charge >= 0.3 is 0 Å². The molecule has 3 nitrogen and oxygen atoms in total. The lowest BCUT2D eigenvalue weighted by Gasteiger charge is -2.24. The number of nitrogens with one attached hydrogen (secondary N) is 1. The fourth-order valence-corrected chi connectivity index (χ4v) is 1.62. The van der Waals surface area contributed by atoms with Crippen LogP contribution in [0.1, 0.15) is 17.2 Å². The van der Waals surface area contributed by atoms with Crippen molar-refractivity contribution in [3.05, 3.63) is 35.1 Å². The van der Waals surface area contributed by atoms with Crippen molar-refractivity contribution in [2.75, 3.05) is 19.8 Å². The molecule has 0 radical (unpaired) electrons. The predicted octanol–water partition coefficient (Wildman–Crippen LogP) is 1.78. The average molecular weight is 243 g/mol. The molecule has 0 amide bonds. The molecule has 5 heteroatoms. The summed E-state index contributed by atoms with van der Waals surface area (Å²) < 4.78 is 18.4. The fourth-order valence-electron chi connectivity index (χ4n) is 1.62. The van der Waals surface area contributed by atoms with Gasteiger partial charge in [0.25, 0.3) is 0 Å². The number of halogens is 2. The summed E-state index contributed by atoms with van der Waals surface area (Å²) in [6.07, 6.45) is 0. The summed E-state index contributed by atoms with van der Waals surface area (Å²) in [4.78, 5) is 0. The Morgan fingerprint density at radius 3 is 2.94 bits per heavy atom. The minimum absolute atomic E-state index is 0. The molecule has 86 valence electrons. The van der Waals surface area contributed by atoms with Crippen molar-refractivity contribution in [1.29, 1.82) is 5.26 Å². The van der Waals surface area contributed by atoms with Gasteiger partial charge in [0.2, 0.25) is 0 Å². The van der Waals surface area contributed by atoms with E-state index < -0.39 is 5.82 Å². The van der Waals surface area contributed by atoms with E-state index in [0.29, 0.717) is 13.2 Å². The Hall–Kier alpha value is -1.15. The molecule has 0 saturated carbocycles. The first-order valence-corrected chi connectivity index (χ1v) is 4.82. The summed E-state index contributed by atoms with van der Waals surface area (Å²) in [5.74, 6) is -0.474. The Balaban J connectivity index is 0.00000128. The van der Waals surface area contributed by atoms with Crippen LogP contribution in [0.3, 0.4) is 0 Å². The number of ether oxygens (including phenoxy) is 1. The summed E-state index contributed by atoms with van der Waals surface area (Å²) in [7, 11) is 0. The van der Waals surface area contributed by atoms with Gasteiger partial charge in [-0.1, -0.05) is 6.07 Å². The Morgan fingerprint density at radius 2 is 2.31 bits per heavy atom. The average Bonchev–Trinajstić information content (AvgIpc) is 2.31. The molecule has 0 bridgehead atoms. The third-order valence-corrected chi connectivity index (χ3v) is 2.43. The highest BCUT2D eigenvalue weighted by Gasteiger charge is 2.16. The molecule has 1 aliphatic rings. The Kier molecular flexibility index (Phi) is 4.69. The molecule has 1 aromatic rings. The highest BCUT2D eigenvalue weighted by Crippen LogP contribution is 2.18.